The molecule has 1 aliphatic heterocycles. The maximum absolute atomic E-state index is 14.4. The summed E-state index contributed by atoms with van der Waals surface area (Å²) < 4.78 is 45.8. The van der Waals surface area contributed by atoms with Crippen molar-refractivity contribution in [1.82, 2.24) is 9.62 Å². The van der Waals surface area contributed by atoms with Crippen molar-refractivity contribution in [3.63, 3.8) is 0 Å². The molecule has 1 fully saturated rings. The Morgan fingerprint density at radius 2 is 1.81 bits per heavy atom. The first-order valence-electron chi connectivity index (χ1n) is 9.65. The first-order chi connectivity index (χ1) is 14.7. The molecule has 0 saturated carbocycles. The molecule has 2 aromatic rings. The quantitative estimate of drug-likeness (QED) is 0.629. The molecule has 1 atom stereocenters. The molecule has 3 rings (SSSR count). The highest BCUT2D eigenvalue weighted by Crippen LogP contribution is 2.25. The second-order valence-electron chi connectivity index (χ2n) is 7.11. The number of benzene rings is 2. The number of hydrogen-bond acceptors (Lipinski definition) is 5. The van der Waals surface area contributed by atoms with Gasteiger partial charge in [-0.25, -0.2) is 12.8 Å². The summed E-state index contributed by atoms with van der Waals surface area (Å²) in [6, 6.07) is 8.97. The predicted molar refractivity (Wildman–Crippen MR) is 113 cm³/mol. The Kier molecular flexibility index (Phi) is 7.30. The standard InChI is InChI=1S/C21H22ClFN2O5S/c1-30-20(26)13-18(14-4-7-16(22)8-5-14)24-21(27)15-6-9-17(23)19(12-15)31(28,29)25-10-2-3-11-25/h4-9,12,18H,2-3,10-11,13H2,1H3,(H,24,27). The van der Waals surface area contributed by atoms with Gasteiger partial charge in [-0.3, -0.25) is 9.59 Å². The summed E-state index contributed by atoms with van der Waals surface area (Å²) in [5.41, 5.74) is 0.568. The maximum atomic E-state index is 14.4. The molecular weight excluding hydrogens is 447 g/mol. The van der Waals surface area contributed by atoms with Crippen LogP contribution in [0.3, 0.4) is 0 Å². The molecule has 1 unspecified atom stereocenters. The van der Waals surface area contributed by atoms with E-state index in [0.29, 0.717) is 36.5 Å². The summed E-state index contributed by atoms with van der Waals surface area (Å²) in [5.74, 6) is -2.12. The summed E-state index contributed by atoms with van der Waals surface area (Å²) in [4.78, 5) is 24.1. The van der Waals surface area contributed by atoms with Crippen molar-refractivity contribution in [2.45, 2.75) is 30.2 Å². The molecule has 0 bridgehead atoms. The van der Waals surface area contributed by atoms with Gasteiger partial charge in [0.25, 0.3) is 5.91 Å². The smallest absolute Gasteiger partial charge is 0.307 e. The molecular formula is C21H22ClFN2O5S. The minimum atomic E-state index is -4.04. The van der Waals surface area contributed by atoms with E-state index < -0.39 is 38.7 Å². The Balaban J connectivity index is 1.88. The molecule has 1 aliphatic rings. The van der Waals surface area contributed by atoms with E-state index in [1.54, 1.807) is 24.3 Å². The molecule has 1 saturated heterocycles. The number of halogens is 2. The summed E-state index contributed by atoms with van der Waals surface area (Å²) in [5, 5.41) is 3.18. The third kappa shape index (κ3) is 5.41. The molecule has 0 aromatic heterocycles. The van der Waals surface area contributed by atoms with Gasteiger partial charge < -0.3 is 10.1 Å². The number of carbonyl (C=O) groups is 2. The van der Waals surface area contributed by atoms with Crippen molar-refractivity contribution < 1.29 is 27.1 Å². The Hall–Kier alpha value is -2.49. The average molecular weight is 469 g/mol. The molecule has 0 spiro atoms. The fourth-order valence-corrected chi connectivity index (χ4v) is 5.08. The Morgan fingerprint density at radius 3 is 2.42 bits per heavy atom. The van der Waals surface area contributed by atoms with Crippen LogP contribution in [0.5, 0.6) is 0 Å². The third-order valence-corrected chi connectivity index (χ3v) is 7.22. The van der Waals surface area contributed by atoms with Crippen LogP contribution >= 0.6 is 11.6 Å². The number of nitrogens with one attached hydrogen (secondary N) is 1. The lowest BCUT2D eigenvalue weighted by molar-refractivity contribution is -0.141. The SMILES string of the molecule is COC(=O)CC(NC(=O)c1ccc(F)c(S(=O)(=O)N2CCCC2)c1)c1ccc(Cl)cc1. The van der Waals surface area contributed by atoms with Crippen LogP contribution in [0.1, 0.15) is 41.2 Å². The van der Waals surface area contributed by atoms with E-state index in [2.05, 4.69) is 5.32 Å². The average Bonchev–Trinajstić information content (AvgIpc) is 3.29. The summed E-state index contributed by atoms with van der Waals surface area (Å²) >= 11 is 5.90. The van der Waals surface area contributed by atoms with E-state index in [9.17, 15) is 22.4 Å². The Bertz CT molecular complexity index is 1070. The van der Waals surface area contributed by atoms with Crippen LogP contribution in [-0.2, 0) is 19.6 Å². The highest BCUT2D eigenvalue weighted by Gasteiger charge is 2.30. The van der Waals surface area contributed by atoms with Gasteiger partial charge in [-0.15, -0.1) is 0 Å². The number of nitrogens with zero attached hydrogens (tertiary/aromatic N) is 1. The van der Waals surface area contributed by atoms with Crippen LogP contribution < -0.4 is 5.32 Å². The van der Waals surface area contributed by atoms with Crippen molar-refractivity contribution in [2.24, 2.45) is 0 Å². The van der Waals surface area contributed by atoms with Crippen LogP contribution in [0.25, 0.3) is 0 Å². The number of esters is 1. The van der Waals surface area contributed by atoms with Gasteiger partial charge in [-0.1, -0.05) is 23.7 Å². The predicted octanol–water partition coefficient (Wildman–Crippen LogP) is 3.30. The molecule has 0 radical (unpaired) electrons. The third-order valence-electron chi connectivity index (χ3n) is 5.05. The number of amides is 1. The van der Waals surface area contributed by atoms with Crippen LogP contribution in [-0.4, -0.2) is 44.8 Å². The van der Waals surface area contributed by atoms with Crippen molar-refractivity contribution >= 4 is 33.5 Å². The fourth-order valence-electron chi connectivity index (χ4n) is 3.35. The number of sulfonamides is 1. The lowest BCUT2D eigenvalue weighted by Crippen LogP contribution is -2.31. The largest absolute Gasteiger partial charge is 0.469 e. The van der Waals surface area contributed by atoms with Crippen LogP contribution in [0, 0.1) is 5.82 Å². The monoisotopic (exact) mass is 468 g/mol. The van der Waals surface area contributed by atoms with Gasteiger partial charge in [0.05, 0.1) is 19.6 Å². The molecule has 1 heterocycles. The molecule has 0 aliphatic carbocycles. The Labute approximate surface area is 185 Å². The van der Waals surface area contributed by atoms with Crippen molar-refractivity contribution in [3.8, 4) is 0 Å². The van der Waals surface area contributed by atoms with Crippen LogP contribution in [0.4, 0.5) is 4.39 Å². The fraction of sp³-hybridized carbons (Fsp3) is 0.333. The minimum absolute atomic E-state index is 0.0389. The number of carbonyl (C=O) groups excluding carboxylic acids is 2. The second-order valence-corrected chi connectivity index (χ2v) is 9.46. The molecule has 1 N–H and O–H groups in total. The van der Waals surface area contributed by atoms with E-state index in [4.69, 9.17) is 16.3 Å². The number of hydrogen-bond donors (Lipinski definition) is 1. The van der Waals surface area contributed by atoms with Gasteiger partial charge in [0, 0.05) is 23.7 Å². The van der Waals surface area contributed by atoms with E-state index >= 15 is 0 Å². The first-order valence-corrected chi connectivity index (χ1v) is 11.5. The van der Waals surface area contributed by atoms with E-state index in [0.717, 1.165) is 12.1 Å². The van der Waals surface area contributed by atoms with Crippen LogP contribution in [0.2, 0.25) is 5.02 Å². The maximum Gasteiger partial charge on any atom is 0.307 e. The second kappa shape index (κ2) is 9.76. The van der Waals surface area contributed by atoms with Crippen molar-refractivity contribution in [1.29, 1.82) is 0 Å². The molecule has 10 heteroatoms. The van der Waals surface area contributed by atoms with Gasteiger partial charge >= 0.3 is 5.97 Å². The molecule has 7 nitrogen and oxygen atoms in total. The van der Waals surface area contributed by atoms with Crippen LogP contribution in [0.15, 0.2) is 47.4 Å². The zero-order valence-corrected chi connectivity index (χ0v) is 18.4. The van der Waals surface area contributed by atoms with Gasteiger partial charge in [-0.05, 0) is 48.7 Å². The number of methoxy groups -OCH3 is 1. The van der Waals surface area contributed by atoms with Crippen molar-refractivity contribution in [3.05, 3.63) is 64.4 Å². The lowest BCUT2D eigenvalue weighted by atomic mass is 10.0. The Morgan fingerprint density at radius 1 is 1.16 bits per heavy atom. The summed E-state index contributed by atoms with van der Waals surface area (Å²) in [6.45, 7) is 0.631. The van der Waals surface area contributed by atoms with Gasteiger partial charge in [-0.2, -0.15) is 4.31 Å². The molecule has 1 amide bonds. The molecule has 166 valence electrons. The van der Waals surface area contributed by atoms with Gasteiger partial charge in [0.15, 0.2) is 0 Å². The molecule has 2 aromatic carbocycles. The highest BCUT2D eigenvalue weighted by molar-refractivity contribution is 7.89. The first kappa shape index (κ1) is 23.2. The van der Waals surface area contributed by atoms with E-state index in [-0.39, 0.29) is 12.0 Å². The lowest BCUT2D eigenvalue weighted by Gasteiger charge is -2.19. The normalized spacial score (nSPS) is 15.5. The van der Waals surface area contributed by atoms with E-state index in [1.165, 1.54) is 17.5 Å². The molecule has 31 heavy (non-hydrogen) atoms. The zero-order valence-electron chi connectivity index (χ0n) is 16.8. The van der Waals surface area contributed by atoms with E-state index in [1.807, 2.05) is 0 Å². The van der Waals surface area contributed by atoms with Gasteiger partial charge in [0.1, 0.15) is 10.7 Å². The highest BCUT2D eigenvalue weighted by atomic mass is 35.5. The number of rotatable bonds is 7. The zero-order chi connectivity index (χ0) is 22.6. The summed E-state index contributed by atoms with van der Waals surface area (Å²) in [7, 11) is -2.81. The van der Waals surface area contributed by atoms with Gasteiger partial charge in [0.2, 0.25) is 10.0 Å². The van der Waals surface area contributed by atoms with Crippen molar-refractivity contribution in [2.75, 3.05) is 20.2 Å². The topological polar surface area (TPSA) is 92.8 Å². The summed E-state index contributed by atoms with van der Waals surface area (Å²) in [6.07, 6.45) is 1.26. The number of ether oxygens (including phenoxy) is 1. The minimum Gasteiger partial charge on any atom is -0.469 e.